The molecule has 8 aliphatic heterocycles. The number of aliphatic carboxylic acids is 1. The normalized spacial score (nSPS) is 16.4. The number of alkyl halides is 2. The first-order valence-electron chi connectivity index (χ1n) is 45.2. The van der Waals surface area contributed by atoms with E-state index in [-0.39, 0.29) is 50.0 Å². The predicted molar refractivity (Wildman–Crippen MR) is 501 cm³/mol. The summed E-state index contributed by atoms with van der Waals surface area (Å²) < 4.78 is 90.3. The van der Waals surface area contributed by atoms with Crippen LogP contribution in [-0.4, -0.2) is 181 Å². The Balaban J connectivity index is 0.000000137. The number of carbonyl (C=O) groups is 5. The van der Waals surface area contributed by atoms with Crippen LogP contribution in [0.3, 0.4) is 0 Å². The highest BCUT2D eigenvalue weighted by molar-refractivity contribution is 6.30. The van der Waals surface area contributed by atoms with Gasteiger partial charge in [-0.15, -0.1) is 0 Å². The molecule has 0 bridgehead atoms. The van der Waals surface area contributed by atoms with Gasteiger partial charge in [-0.05, 0) is 206 Å². The number of H-pyrrole nitrogens is 1. The van der Waals surface area contributed by atoms with Gasteiger partial charge in [0.25, 0.3) is 23.6 Å². The maximum Gasteiger partial charge on any atom is 0.387 e. The Kier molecular flexibility index (Phi) is 25.9. The molecule has 12 aromatic rings. The zero-order valence-electron chi connectivity index (χ0n) is 76.3. The first-order valence-corrected chi connectivity index (χ1v) is 45.6. The third-order valence-corrected chi connectivity index (χ3v) is 26.6. The molecule has 4 amide bonds. The molecule has 4 spiro atoms. The van der Waals surface area contributed by atoms with Gasteiger partial charge in [0.1, 0.15) is 69.8 Å². The van der Waals surface area contributed by atoms with Crippen molar-refractivity contribution < 1.29 is 88.1 Å². The van der Waals surface area contributed by atoms with Gasteiger partial charge in [-0.2, -0.15) is 24.2 Å². The zero-order chi connectivity index (χ0) is 94.1. The number of hydrogen-bond acceptors (Lipinski definition) is 18. The van der Waals surface area contributed by atoms with E-state index in [1.807, 2.05) is 181 Å². The highest BCUT2D eigenvalue weighted by Gasteiger charge is 2.51. The van der Waals surface area contributed by atoms with Gasteiger partial charge in [0.15, 0.2) is 28.3 Å². The number of rotatable bonds is 17. The molecule has 8 aliphatic rings. The van der Waals surface area contributed by atoms with Gasteiger partial charge in [0, 0.05) is 176 Å². The lowest BCUT2D eigenvalue weighted by atomic mass is 9.81. The largest absolute Gasteiger partial charge is 0.493 e. The van der Waals surface area contributed by atoms with Crippen LogP contribution in [0.25, 0.3) is 33.9 Å². The highest BCUT2D eigenvalue weighted by Crippen LogP contribution is 2.54. The Labute approximate surface area is 783 Å². The van der Waals surface area contributed by atoms with E-state index in [0.717, 1.165) is 110 Å². The van der Waals surface area contributed by atoms with Crippen LogP contribution in [0, 0.1) is 25.2 Å². The molecule has 1 atom stereocenters. The number of hydrogen-bond donors (Lipinski definition) is 2. The molecule has 4 fully saturated rings. The van der Waals surface area contributed by atoms with Gasteiger partial charge >= 0.3 is 12.6 Å². The molecule has 20 rings (SSSR count). The summed E-state index contributed by atoms with van der Waals surface area (Å²) in [7, 11) is 3.21. The first-order chi connectivity index (χ1) is 64.6. The minimum Gasteiger partial charge on any atom is -0.493 e. The Morgan fingerprint density at radius 1 is 0.552 bits per heavy atom. The minimum atomic E-state index is -2.99. The van der Waals surface area contributed by atoms with Crippen molar-refractivity contribution in [2.24, 2.45) is 0 Å². The van der Waals surface area contributed by atoms with Gasteiger partial charge in [-0.25, -0.2) is 4.79 Å². The van der Waals surface area contributed by atoms with E-state index in [1.54, 1.807) is 80.8 Å². The Morgan fingerprint density at radius 2 is 1.08 bits per heavy atom. The monoisotopic (exact) mass is 1840 g/mol. The Morgan fingerprint density at radius 3 is 1.67 bits per heavy atom. The molecule has 4 saturated heterocycles. The van der Waals surface area contributed by atoms with E-state index in [0.29, 0.717) is 148 Å². The average molecular weight is 1840 g/mol. The fraction of sp³-hybridized carbons (Fsp3) is 0.346. The Hall–Kier alpha value is -14.1. The number of aromatic amines is 1. The second-order valence-corrected chi connectivity index (χ2v) is 35.9. The number of methoxy groups -OCH3 is 2. The van der Waals surface area contributed by atoms with Crippen LogP contribution in [0.2, 0.25) is 5.02 Å². The number of benzene rings is 8. The number of carbonyl (C=O) groups excluding carboxylic acids is 4. The van der Waals surface area contributed by atoms with Crippen molar-refractivity contribution >= 4 is 41.2 Å². The lowest BCUT2D eigenvalue weighted by Crippen LogP contribution is -2.50. The number of amides is 4. The summed E-state index contributed by atoms with van der Waals surface area (Å²) in [4.78, 5) is 71.6. The molecule has 2 N–H and O–H groups in total. The number of nitriles is 1. The molecule has 134 heavy (non-hydrogen) atoms. The summed E-state index contributed by atoms with van der Waals surface area (Å²) in [6, 6.07) is 61.7. The van der Waals surface area contributed by atoms with E-state index in [9.17, 15) is 43.1 Å². The van der Waals surface area contributed by atoms with Gasteiger partial charge in [0.2, 0.25) is 0 Å². The van der Waals surface area contributed by atoms with Crippen molar-refractivity contribution in [1.82, 2.24) is 48.7 Å². The molecular weight excluding hydrogens is 1730 g/mol. The molecule has 0 aliphatic carbocycles. The van der Waals surface area contributed by atoms with E-state index in [1.165, 1.54) is 26.0 Å². The molecule has 30 heteroatoms. The van der Waals surface area contributed by atoms with E-state index in [4.69, 9.17) is 54.2 Å². The second kappa shape index (κ2) is 37.9. The second-order valence-electron chi connectivity index (χ2n) is 35.5. The number of para-hydroxylation sites is 5. The van der Waals surface area contributed by atoms with Crippen LogP contribution in [0.15, 0.2) is 213 Å². The van der Waals surface area contributed by atoms with E-state index >= 15 is 0 Å². The van der Waals surface area contributed by atoms with Crippen LogP contribution < -0.4 is 42.6 Å². The van der Waals surface area contributed by atoms with Crippen LogP contribution in [0.5, 0.6) is 51.7 Å². The third-order valence-electron chi connectivity index (χ3n) is 26.4. The summed E-state index contributed by atoms with van der Waals surface area (Å²) in [5.74, 6) is 3.96. The lowest BCUT2D eigenvalue weighted by molar-refractivity contribution is -0.152. The Bertz CT molecular complexity index is 6470. The topological polar surface area (TPSA) is 291 Å². The number of halogens is 3. The molecule has 4 aromatic heterocycles. The summed E-state index contributed by atoms with van der Waals surface area (Å²) in [5.41, 5.74) is 10.8. The van der Waals surface area contributed by atoms with Crippen molar-refractivity contribution in [2.45, 2.75) is 160 Å². The number of aromatic nitrogens is 6. The number of carboxylic acids is 1. The van der Waals surface area contributed by atoms with Crippen molar-refractivity contribution in [3.05, 3.63) is 279 Å². The SMILES string of the molecule is CCn1ncc2c1-c1ccccc1OC21CCN(C(=O)c2ccc(OC(C)C)c(C)c2)CC1.COc1cc(C(=O)N2CCC3(CC2)Oc2cc(Cl)ccc2-n2cccc23)ccc1OC[C@H](C)OC.Cc1cc(C(=O)N2CCC3(CC2)Oc2ccccc2-n2c(C#N)ccc23)ccc1OC(C)(C)C(=O)O.O=C(c1ccccc1OC(F)F)N1CCC2(CC1)Oc1ccccc1-c1[nH]ncc12.[HH].[HH]. The van der Waals surface area contributed by atoms with Crippen molar-refractivity contribution in [2.75, 3.05) is 73.2 Å². The molecule has 698 valence electrons. The van der Waals surface area contributed by atoms with Gasteiger partial charge in [-0.3, -0.25) is 33.5 Å². The van der Waals surface area contributed by atoms with Crippen LogP contribution in [-0.2, 0) is 38.5 Å². The van der Waals surface area contributed by atoms with Gasteiger partial charge in [-0.1, -0.05) is 60.1 Å². The third kappa shape index (κ3) is 17.9. The average Bonchev–Trinajstić information content (AvgIpc) is 1.52. The number of aryl methyl sites for hydroxylation is 3. The fourth-order valence-electron chi connectivity index (χ4n) is 19.1. The fourth-order valence-corrected chi connectivity index (χ4v) is 19.3. The van der Waals surface area contributed by atoms with Crippen LogP contribution in [0.1, 0.15) is 177 Å². The first kappa shape index (κ1) is 91.8. The molecular formula is C104H110ClF2N11O16. The van der Waals surface area contributed by atoms with Gasteiger partial charge < -0.3 is 76.6 Å². The van der Waals surface area contributed by atoms with Crippen LogP contribution >= 0.6 is 11.6 Å². The zero-order valence-corrected chi connectivity index (χ0v) is 77.1. The summed E-state index contributed by atoms with van der Waals surface area (Å²) >= 11 is 6.25. The maximum atomic E-state index is 13.3. The number of nitrogens with zero attached hydrogens (tertiary/aromatic N) is 10. The molecule has 0 radical (unpaired) electrons. The maximum absolute atomic E-state index is 13.3. The number of nitrogens with one attached hydrogen (secondary N) is 1. The minimum absolute atomic E-state index is 0. The van der Waals surface area contributed by atoms with Crippen LogP contribution in [0.4, 0.5) is 8.78 Å². The van der Waals surface area contributed by atoms with Crippen molar-refractivity contribution in [1.29, 1.82) is 5.26 Å². The summed E-state index contributed by atoms with van der Waals surface area (Å²) in [6.07, 6.45) is 11.0. The molecule has 8 aromatic carbocycles. The van der Waals surface area contributed by atoms with E-state index in [2.05, 4.69) is 54.4 Å². The number of carboxylic acid groups (broad SMARTS) is 1. The molecule has 27 nitrogen and oxygen atoms in total. The van der Waals surface area contributed by atoms with Crippen molar-refractivity contribution in [3.8, 4) is 91.7 Å². The number of piperidine rings is 4. The number of ether oxygens (including phenoxy) is 10. The molecule has 0 unspecified atom stereocenters. The summed E-state index contributed by atoms with van der Waals surface area (Å²) in [5, 5.41) is 31.6. The summed E-state index contributed by atoms with van der Waals surface area (Å²) in [6.45, 7) is 17.3. The molecule has 12 heterocycles. The standard InChI is InChI=1S/C28H27N3O5.C27H29ClN2O5.C27H31N3O3.C22H19F2N3O3.2H2/c1-18-16-19(8-10-22(18)35-27(2,3)26(33)34)25(32)30-14-12-28(13-15-30)24-11-9-20(17-29)31(24)21-6-4-5-7-23(21)36-28;1-18(32-2)17-34-22-9-6-19(15-24(22)33-3)26(31)29-13-10-27(11-14-29)25-5-4-12-30(25)21-8-7-20(28)16-23(21)35-27;1-5-30-25-21-8-6-7-9-24(21)33-27(22(25)17-28-30)12-14-29(15-13-27)26(31)20-10-11-23(19(4)16-20)32-18(2)3;23-21(24)29-17-7-3-2-6-15(17)20(28)27-11-9-22(10-12-27)16-13-25-26-19(16)14-5-1-4-8-18(14)30-22;;/h4-11,16H,12-15H2,1-3H3,(H,33,34);4-9,12,15-16,18H,10-11,13-14,17H2,1-3H3;6-11,16-18H,5,12-15H2,1-4H3;1-8,13,21H,9-12H2,(H,25,26);2*1H/t;18-;;;;/m.0..../s1. The van der Waals surface area contributed by atoms with E-state index < -0.39 is 40.6 Å². The smallest absolute Gasteiger partial charge is 0.387 e. The number of fused-ring (bicyclic) bond motifs is 16. The molecule has 0 saturated carbocycles. The number of likely N-dealkylation sites (tertiary alicyclic amines) is 4. The quantitative estimate of drug-likeness (QED) is 0.0856. The van der Waals surface area contributed by atoms with Crippen molar-refractivity contribution in [3.63, 3.8) is 0 Å². The van der Waals surface area contributed by atoms with Gasteiger partial charge in [0.05, 0.1) is 71.4 Å². The lowest BCUT2D eigenvalue weighted by Gasteiger charge is -2.45. The highest BCUT2D eigenvalue weighted by atomic mass is 35.5. The predicted octanol–water partition coefficient (Wildman–Crippen LogP) is 19.4.